The van der Waals surface area contributed by atoms with E-state index in [4.69, 9.17) is 15.0 Å². The third-order valence-electron chi connectivity index (χ3n) is 14.6. The Morgan fingerprint density at radius 2 is 0.737 bits per heavy atom. The van der Waals surface area contributed by atoms with Gasteiger partial charge in [0.2, 0.25) is 0 Å². The summed E-state index contributed by atoms with van der Waals surface area (Å²) in [4.78, 5) is 17.6. The average Bonchev–Trinajstić information content (AvgIpc) is 3.85. The molecule has 0 aliphatic rings. The molecule has 11 aromatic carbocycles. The molecule has 0 N–H and O–H groups in total. The van der Waals surface area contributed by atoms with Crippen LogP contribution in [0.5, 0.6) is 0 Å². The Labute approximate surface area is 441 Å². The van der Waals surface area contributed by atoms with Gasteiger partial charge in [0.25, 0.3) is 0 Å². The van der Waals surface area contributed by atoms with Crippen LogP contribution >= 0.6 is 0 Å². The molecule has 0 atom stereocenters. The summed E-state index contributed by atoms with van der Waals surface area (Å²) < 4.78 is 2.42. The van der Waals surface area contributed by atoms with Gasteiger partial charge in [0.15, 0.2) is 0 Å². The Morgan fingerprint density at radius 3 is 1.26 bits per heavy atom. The van der Waals surface area contributed by atoms with Gasteiger partial charge >= 0.3 is 0 Å². The van der Waals surface area contributed by atoms with E-state index in [0.717, 1.165) is 78.2 Å². The van der Waals surface area contributed by atoms with Crippen LogP contribution in [0.15, 0.2) is 285 Å². The third kappa shape index (κ3) is 7.95. The number of rotatable bonds is 10. The Morgan fingerprint density at radius 1 is 0.316 bits per heavy atom. The van der Waals surface area contributed by atoms with Crippen molar-refractivity contribution in [1.29, 1.82) is 0 Å². The molecule has 0 radical (unpaired) electrons. The Kier molecular flexibility index (Phi) is 11.1. The lowest BCUT2D eigenvalue weighted by atomic mass is 9.92. The van der Waals surface area contributed by atoms with E-state index >= 15 is 0 Å². The lowest BCUT2D eigenvalue weighted by Crippen LogP contribution is -2.11. The second kappa shape index (κ2) is 19.0. The van der Waals surface area contributed by atoms with Crippen molar-refractivity contribution < 1.29 is 0 Å². The molecule has 3 aromatic heterocycles. The summed E-state index contributed by atoms with van der Waals surface area (Å²) in [6.45, 7) is 0. The van der Waals surface area contributed by atoms with Gasteiger partial charge < -0.3 is 9.47 Å². The molecule has 76 heavy (non-hydrogen) atoms. The molecule has 3 heterocycles. The number of fused-ring (bicyclic) bond motifs is 5. The van der Waals surface area contributed by atoms with Crippen LogP contribution in [0, 0.1) is 0 Å². The van der Waals surface area contributed by atoms with E-state index < -0.39 is 0 Å². The van der Waals surface area contributed by atoms with Crippen molar-refractivity contribution in [2.24, 2.45) is 0 Å². The first-order valence-corrected chi connectivity index (χ1v) is 25.8. The van der Waals surface area contributed by atoms with Crippen molar-refractivity contribution in [3.8, 4) is 72.7 Å². The Hall–Kier alpha value is -10.2. The summed E-state index contributed by atoms with van der Waals surface area (Å²) in [5.41, 5.74) is 22.2. The molecule has 0 bridgehead atoms. The Balaban J connectivity index is 0.914. The number of hydrogen-bond donors (Lipinski definition) is 0. The summed E-state index contributed by atoms with van der Waals surface area (Å²) in [5, 5.41) is 3.45. The summed E-state index contributed by atoms with van der Waals surface area (Å²) in [5.74, 6) is 0. The van der Waals surface area contributed by atoms with Crippen LogP contribution < -0.4 is 4.90 Å². The van der Waals surface area contributed by atoms with E-state index in [1.54, 1.807) is 0 Å². The van der Waals surface area contributed by atoms with Gasteiger partial charge in [0.1, 0.15) is 0 Å². The maximum absolute atomic E-state index is 5.22. The summed E-state index contributed by atoms with van der Waals surface area (Å²) in [6, 6.07) is 99.4. The minimum Gasteiger partial charge on any atom is -0.309 e. The molecular weight excluding hydrogens is 923 g/mol. The number of benzene rings is 11. The van der Waals surface area contributed by atoms with Gasteiger partial charge in [-0.05, 0) is 129 Å². The van der Waals surface area contributed by atoms with E-state index in [-0.39, 0.29) is 0 Å². The number of anilines is 3. The van der Waals surface area contributed by atoms with Gasteiger partial charge in [-0.3, -0.25) is 4.98 Å². The van der Waals surface area contributed by atoms with E-state index in [9.17, 15) is 0 Å². The zero-order valence-electron chi connectivity index (χ0n) is 41.4. The predicted octanol–water partition coefficient (Wildman–Crippen LogP) is 18.7. The van der Waals surface area contributed by atoms with Gasteiger partial charge in [-0.2, -0.15) is 0 Å². The van der Waals surface area contributed by atoms with Crippen molar-refractivity contribution in [2.75, 3.05) is 4.90 Å². The second-order valence-corrected chi connectivity index (χ2v) is 19.1. The molecule has 5 heteroatoms. The van der Waals surface area contributed by atoms with Crippen LogP contribution in [-0.4, -0.2) is 19.5 Å². The van der Waals surface area contributed by atoms with Gasteiger partial charge in [0.05, 0.1) is 44.7 Å². The van der Waals surface area contributed by atoms with E-state index in [2.05, 4.69) is 240 Å². The van der Waals surface area contributed by atoms with Gasteiger partial charge in [-0.1, -0.05) is 194 Å². The molecule has 0 fully saturated rings. The van der Waals surface area contributed by atoms with Crippen molar-refractivity contribution in [1.82, 2.24) is 19.5 Å². The lowest BCUT2D eigenvalue weighted by Gasteiger charge is -2.27. The molecular formula is C71H47N5. The van der Waals surface area contributed by atoms with Crippen LogP contribution in [0.2, 0.25) is 0 Å². The van der Waals surface area contributed by atoms with Crippen LogP contribution in [0.3, 0.4) is 0 Å². The number of hydrogen-bond acceptors (Lipinski definition) is 4. The van der Waals surface area contributed by atoms with Gasteiger partial charge in [-0.15, -0.1) is 0 Å². The zero-order valence-corrected chi connectivity index (χ0v) is 41.4. The lowest BCUT2D eigenvalue weighted by molar-refractivity contribution is 1.17. The average molecular weight is 970 g/mol. The van der Waals surface area contributed by atoms with Crippen LogP contribution in [0.25, 0.3) is 116 Å². The molecule has 0 spiro atoms. The van der Waals surface area contributed by atoms with Crippen LogP contribution in [0.4, 0.5) is 17.1 Å². The van der Waals surface area contributed by atoms with Crippen LogP contribution in [-0.2, 0) is 0 Å². The number of pyridine rings is 1. The molecule has 0 saturated heterocycles. The monoisotopic (exact) mass is 969 g/mol. The fraction of sp³-hybridized carbons (Fsp3) is 0. The Bertz CT molecular complexity index is 4290. The van der Waals surface area contributed by atoms with Gasteiger partial charge in [0, 0.05) is 50.5 Å². The third-order valence-corrected chi connectivity index (χ3v) is 14.6. The smallest absolute Gasteiger partial charge is 0.0973 e. The summed E-state index contributed by atoms with van der Waals surface area (Å²) in [6.07, 6.45) is 1.87. The van der Waals surface area contributed by atoms with Gasteiger partial charge in [-0.25, -0.2) is 9.97 Å². The normalized spacial score (nSPS) is 11.4. The highest BCUT2D eigenvalue weighted by molar-refractivity contribution is 6.12. The maximum Gasteiger partial charge on any atom is 0.0973 e. The number of aromatic nitrogens is 4. The SMILES string of the molecule is c1ccc(-c2ccccc2-c2ccc3c(c2)c2cc(-c4ccccc4-c4ccccc4)ccc2n3-c2ccc(N(c3ccc(-c4nc5ccccc5nc4-c4ccccc4)cc3)c3cccc4cccnc34)cc2)cc1. The molecule has 356 valence electrons. The predicted molar refractivity (Wildman–Crippen MR) is 316 cm³/mol. The van der Waals surface area contributed by atoms with E-state index in [1.165, 1.54) is 55.3 Å². The summed E-state index contributed by atoms with van der Waals surface area (Å²) >= 11 is 0. The van der Waals surface area contributed by atoms with Crippen molar-refractivity contribution in [2.45, 2.75) is 0 Å². The summed E-state index contributed by atoms with van der Waals surface area (Å²) in [7, 11) is 0. The van der Waals surface area contributed by atoms with Crippen molar-refractivity contribution >= 4 is 60.8 Å². The quantitative estimate of drug-likeness (QED) is 0.137. The maximum atomic E-state index is 5.22. The number of nitrogens with zero attached hydrogens (tertiary/aromatic N) is 5. The molecule has 0 unspecified atom stereocenters. The highest BCUT2D eigenvalue weighted by Gasteiger charge is 2.21. The minimum atomic E-state index is 0.838. The highest BCUT2D eigenvalue weighted by Crippen LogP contribution is 2.44. The first kappa shape index (κ1) is 44.5. The topological polar surface area (TPSA) is 46.8 Å². The second-order valence-electron chi connectivity index (χ2n) is 19.1. The fourth-order valence-corrected chi connectivity index (χ4v) is 11.1. The van der Waals surface area contributed by atoms with E-state index in [0.29, 0.717) is 0 Å². The fourth-order valence-electron chi connectivity index (χ4n) is 11.1. The first-order chi connectivity index (χ1) is 37.7. The molecule has 0 aliphatic heterocycles. The van der Waals surface area contributed by atoms with Crippen LogP contribution in [0.1, 0.15) is 0 Å². The highest BCUT2D eigenvalue weighted by atomic mass is 15.1. The van der Waals surface area contributed by atoms with Crippen molar-refractivity contribution in [3.63, 3.8) is 0 Å². The van der Waals surface area contributed by atoms with E-state index in [1.807, 2.05) is 54.7 Å². The molecule has 0 saturated carbocycles. The first-order valence-electron chi connectivity index (χ1n) is 25.8. The molecule has 14 rings (SSSR count). The zero-order chi connectivity index (χ0) is 50.4. The molecule has 14 aromatic rings. The molecule has 5 nitrogen and oxygen atoms in total. The minimum absolute atomic E-state index is 0.838. The van der Waals surface area contributed by atoms with Crippen molar-refractivity contribution in [3.05, 3.63) is 285 Å². The molecule has 0 aliphatic carbocycles. The largest absolute Gasteiger partial charge is 0.309 e. The number of para-hydroxylation sites is 3. The standard InChI is InChI=1S/C71H47N5/c1-4-18-48(19-5-1)58-26-10-12-28-60(58)53-35-43-66-62(46-53)63-47-54(61-29-13-11-27-59(61)49-20-6-2-7-21-49)36-44-67(63)76(66)57-41-39-56(40-42-57)75(68-32-16-24-50-25-17-45-72-69(50)68)55-37-33-52(34-38-55)71-70(51-22-8-3-9-23-51)73-64-30-14-15-31-65(64)74-71/h1-47H. The molecule has 0 amide bonds.